The van der Waals surface area contributed by atoms with Crippen molar-refractivity contribution in [1.29, 1.82) is 0 Å². The SMILES string of the molecule is CCCCc1ccc(N2NC(C=Cc3cccc(OC)c3OC)=CC2c2cccc(OC)c2OC)cc1. The third-order valence-electron chi connectivity index (χ3n) is 6.53. The van der Waals surface area contributed by atoms with Crippen LogP contribution in [0.3, 0.4) is 0 Å². The van der Waals surface area contributed by atoms with Gasteiger partial charge >= 0.3 is 0 Å². The maximum atomic E-state index is 5.79. The number of para-hydroxylation sites is 2. The van der Waals surface area contributed by atoms with E-state index in [2.05, 4.69) is 53.8 Å². The molecule has 3 aromatic rings. The predicted molar refractivity (Wildman–Crippen MR) is 150 cm³/mol. The molecule has 0 radical (unpaired) electrons. The van der Waals surface area contributed by atoms with Gasteiger partial charge in [0.15, 0.2) is 23.0 Å². The largest absolute Gasteiger partial charge is 0.493 e. The molecule has 0 bridgehead atoms. The van der Waals surface area contributed by atoms with Gasteiger partial charge in [-0.05, 0) is 60.9 Å². The lowest BCUT2D eigenvalue weighted by atomic mass is 10.0. The fourth-order valence-corrected chi connectivity index (χ4v) is 4.61. The van der Waals surface area contributed by atoms with E-state index in [1.807, 2.05) is 42.5 Å². The van der Waals surface area contributed by atoms with Crippen LogP contribution < -0.4 is 29.4 Å². The number of ether oxygens (including phenoxy) is 4. The molecule has 1 aliphatic rings. The van der Waals surface area contributed by atoms with Crippen LogP contribution in [0.5, 0.6) is 23.0 Å². The molecule has 4 rings (SSSR count). The lowest BCUT2D eigenvalue weighted by Crippen LogP contribution is -2.34. The molecule has 0 spiro atoms. The molecule has 1 aliphatic heterocycles. The van der Waals surface area contributed by atoms with Crippen LogP contribution in [0.15, 0.2) is 78.5 Å². The van der Waals surface area contributed by atoms with Crippen LogP contribution in [0.2, 0.25) is 0 Å². The molecular weight excluding hydrogens is 464 g/mol. The van der Waals surface area contributed by atoms with E-state index < -0.39 is 0 Å². The monoisotopic (exact) mass is 500 g/mol. The van der Waals surface area contributed by atoms with E-state index in [-0.39, 0.29) is 6.04 Å². The Balaban J connectivity index is 1.71. The molecule has 0 aliphatic carbocycles. The van der Waals surface area contributed by atoms with Crippen LogP contribution in [0.25, 0.3) is 6.08 Å². The van der Waals surface area contributed by atoms with E-state index in [9.17, 15) is 0 Å². The average Bonchev–Trinajstić information content (AvgIpc) is 3.38. The van der Waals surface area contributed by atoms with Crippen molar-refractivity contribution in [3.05, 3.63) is 95.2 Å². The number of aryl methyl sites for hydroxylation is 1. The molecule has 0 saturated heterocycles. The van der Waals surface area contributed by atoms with Crippen molar-refractivity contribution in [3.63, 3.8) is 0 Å². The molecule has 1 unspecified atom stereocenters. The zero-order chi connectivity index (χ0) is 26.2. The Morgan fingerprint density at radius 2 is 1.46 bits per heavy atom. The Morgan fingerprint density at radius 3 is 2.11 bits per heavy atom. The number of unbranched alkanes of at least 4 members (excludes halogenated alkanes) is 1. The summed E-state index contributed by atoms with van der Waals surface area (Å²) in [5.41, 5.74) is 8.88. The number of anilines is 1. The van der Waals surface area contributed by atoms with E-state index in [0.29, 0.717) is 17.2 Å². The first-order valence-corrected chi connectivity index (χ1v) is 12.6. The van der Waals surface area contributed by atoms with Gasteiger partial charge in [-0.15, -0.1) is 0 Å². The van der Waals surface area contributed by atoms with Crippen molar-refractivity contribution >= 4 is 11.8 Å². The fourth-order valence-electron chi connectivity index (χ4n) is 4.61. The molecule has 6 heteroatoms. The van der Waals surface area contributed by atoms with Crippen molar-refractivity contribution in [3.8, 4) is 23.0 Å². The molecular formula is C31H36N2O4. The van der Waals surface area contributed by atoms with Crippen LogP contribution in [0.1, 0.15) is 42.5 Å². The minimum atomic E-state index is -0.113. The smallest absolute Gasteiger partial charge is 0.167 e. The van der Waals surface area contributed by atoms with Crippen molar-refractivity contribution in [2.24, 2.45) is 0 Å². The second-order valence-corrected chi connectivity index (χ2v) is 8.82. The standard InChI is InChI=1S/C31H36N2O4/c1-6-7-10-22-15-19-25(20-16-22)33-27(26-12-9-14-29(35-3)31(26)37-5)21-24(32-33)18-17-23-11-8-13-28(34-2)30(23)36-4/h8-9,11-21,27,32H,6-7,10H2,1-5H3. The fraction of sp³-hybridized carbons (Fsp3) is 0.290. The summed E-state index contributed by atoms with van der Waals surface area (Å²) in [6, 6.07) is 20.5. The lowest BCUT2D eigenvalue weighted by Gasteiger charge is -2.29. The van der Waals surface area contributed by atoms with Crippen LogP contribution >= 0.6 is 0 Å². The minimum Gasteiger partial charge on any atom is -0.493 e. The van der Waals surface area contributed by atoms with Gasteiger partial charge in [0.25, 0.3) is 0 Å². The van der Waals surface area contributed by atoms with Gasteiger partial charge in [-0.3, -0.25) is 10.4 Å². The zero-order valence-electron chi connectivity index (χ0n) is 22.3. The molecule has 3 aromatic carbocycles. The quantitative estimate of drug-likeness (QED) is 0.315. The molecule has 1 N–H and O–H groups in total. The van der Waals surface area contributed by atoms with Crippen molar-refractivity contribution in [2.45, 2.75) is 32.2 Å². The topological polar surface area (TPSA) is 52.2 Å². The summed E-state index contributed by atoms with van der Waals surface area (Å²) in [6.07, 6.45) is 9.72. The Hall–Kier alpha value is -4.06. The maximum absolute atomic E-state index is 5.79. The average molecular weight is 501 g/mol. The second-order valence-electron chi connectivity index (χ2n) is 8.82. The number of methoxy groups -OCH3 is 4. The van der Waals surface area contributed by atoms with Gasteiger partial charge in [-0.2, -0.15) is 0 Å². The molecule has 0 saturated carbocycles. The highest BCUT2D eigenvalue weighted by Gasteiger charge is 2.29. The summed E-state index contributed by atoms with van der Waals surface area (Å²) in [5.74, 6) is 2.82. The Labute approximate surface area is 220 Å². The zero-order valence-corrected chi connectivity index (χ0v) is 22.3. The molecule has 1 atom stereocenters. The van der Waals surface area contributed by atoms with Gasteiger partial charge in [-0.1, -0.05) is 49.7 Å². The number of hydrogen-bond acceptors (Lipinski definition) is 6. The molecule has 194 valence electrons. The lowest BCUT2D eigenvalue weighted by molar-refractivity contribution is 0.350. The van der Waals surface area contributed by atoms with E-state index in [1.54, 1.807) is 28.4 Å². The Morgan fingerprint density at radius 1 is 0.784 bits per heavy atom. The first-order valence-electron chi connectivity index (χ1n) is 12.6. The first kappa shape index (κ1) is 26.0. The van der Waals surface area contributed by atoms with Gasteiger partial charge in [0.2, 0.25) is 0 Å². The third kappa shape index (κ3) is 5.69. The van der Waals surface area contributed by atoms with Gasteiger partial charge in [0, 0.05) is 11.1 Å². The highest BCUT2D eigenvalue weighted by atomic mass is 16.5. The molecule has 6 nitrogen and oxygen atoms in total. The normalized spacial score (nSPS) is 14.9. The number of hydrogen-bond donors (Lipinski definition) is 1. The van der Waals surface area contributed by atoms with Crippen molar-refractivity contribution in [1.82, 2.24) is 5.43 Å². The summed E-state index contributed by atoms with van der Waals surface area (Å²) in [6.45, 7) is 2.22. The van der Waals surface area contributed by atoms with E-state index >= 15 is 0 Å². The molecule has 1 heterocycles. The number of allylic oxidation sites excluding steroid dienone is 1. The molecule has 0 aromatic heterocycles. The highest BCUT2D eigenvalue weighted by molar-refractivity contribution is 5.65. The Kier molecular flexibility index (Phi) is 8.62. The van der Waals surface area contributed by atoms with Gasteiger partial charge < -0.3 is 18.9 Å². The number of nitrogens with one attached hydrogen (secondary N) is 1. The van der Waals surface area contributed by atoms with Crippen LogP contribution in [0.4, 0.5) is 5.69 Å². The van der Waals surface area contributed by atoms with Crippen LogP contribution in [0, 0.1) is 0 Å². The summed E-state index contributed by atoms with van der Waals surface area (Å²) >= 11 is 0. The van der Waals surface area contributed by atoms with Gasteiger partial charge in [0.05, 0.1) is 45.9 Å². The molecule has 0 fully saturated rings. The van der Waals surface area contributed by atoms with Crippen LogP contribution in [-0.2, 0) is 6.42 Å². The number of nitrogens with zero attached hydrogens (tertiary/aromatic N) is 1. The first-order chi connectivity index (χ1) is 18.1. The van der Waals surface area contributed by atoms with E-state index in [1.165, 1.54) is 18.4 Å². The van der Waals surface area contributed by atoms with Gasteiger partial charge in [0.1, 0.15) is 0 Å². The number of rotatable bonds is 11. The molecule has 0 amide bonds. The van der Waals surface area contributed by atoms with Crippen molar-refractivity contribution < 1.29 is 18.9 Å². The van der Waals surface area contributed by atoms with Crippen LogP contribution in [-0.4, -0.2) is 28.4 Å². The number of benzene rings is 3. The summed E-state index contributed by atoms with van der Waals surface area (Å²) < 4.78 is 22.4. The summed E-state index contributed by atoms with van der Waals surface area (Å²) in [4.78, 5) is 0. The second kappa shape index (κ2) is 12.3. The number of hydrazine groups is 1. The maximum Gasteiger partial charge on any atom is 0.167 e. The third-order valence-corrected chi connectivity index (χ3v) is 6.53. The summed E-state index contributed by atoms with van der Waals surface area (Å²) in [5, 5.41) is 2.16. The van der Waals surface area contributed by atoms with E-state index in [0.717, 1.165) is 34.7 Å². The van der Waals surface area contributed by atoms with E-state index in [4.69, 9.17) is 18.9 Å². The van der Waals surface area contributed by atoms with Crippen molar-refractivity contribution in [2.75, 3.05) is 33.4 Å². The highest BCUT2D eigenvalue weighted by Crippen LogP contribution is 2.41. The predicted octanol–water partition coefficient (Wildman–Crippen LogP) is 6.73. The van der Waals surface area contributed by atoms with Gasteiger partial charge in [-0.25, -0.2) is 0 Å². The minimum absolute atomic E-state index is 0.113. The summed E-state index contributed by atoms with van der Waals surface area (Å²) in [7, 11) is 6.63. The molecule has 37 heavy (non-hydrogen) atoms. The Bertz CT molecular complexity index is 1250.